The number of benzene rings is 1. The van der Waals surface area contributed by atoms with Crippen LogP contribution in [0.25, 0.3) is 0 Å². The number of carbonyl (C=O) groups is 1. The quantitative estimate of drug-likeness (QED) is 0.452. The second kappa shape index (κ2) is 4.90. The maximum absolute atomic E-state index is 11.4. The van der Waals surface area contributed by atoms with Gasteiger partial charge in [0.05, 0.1) is 0 Å². The topological polar surface area (TPSA) is 78.8 Å². The van der Waals surface area contributed by atoms with Crippen molar-refractivity contribution in [2.45, 2.75) is 6.92 Å². The number of hydrogen-bond acceptors (Lipinski definition) is 4. The van der Waals surface area contributed by atoms with Gasteiger partial charge >= 0.3 is 0 Å². The minimum atomic E-state index is -0.726. The summed E-state index contributed by atoms with van der Waals surface area (Å²) in [5.74, 6) is -1.13. The third-order valence-electron chi connectivity index (χ3n) is 1.68. The van der Waals surface area contributed by atoms with Gasteiger partial charge in [-0.2, -0.15) is 0 Å². The van der Waals surface area contributed by atoms with Gasteiger partial charge < -0.3 is 10.4 Å². The number of amides is 1. The van der Waals surface area contributed by atoms with Crippen LogP contribution in [0.4, 0.5) is 5.69 Å². The van der Waals surface area contributed by atoms with Gasteiger partial charge in [0.2, 0.25) is 5.70 Å². The molecule has 1 aromatic carbocycles. The molecule has 1 aromatic rings. The van der Waals surface area contributed by atoms with Gasteiger partial charge in [0, 0.05) is 5.69 Å². The Labute approximate surface area is 86.4 Å². The van der Waals surface area contributed by atoms with Crippen LogP contribution in [-0.2, 0) is 4.79 Å². The predicted molar refractivity (Wildman–Crippen MR) is 56.2 cm³/mol. The molecule has 0 aromatic heterocycles. The first kappa shape index (κ1) is 10.9. The number of para-hydroxylation sites is 1. The molecule has 5 nitrogen and oxygen atoms in total. The van der Waals surface area contributed by atoms with Crippen molar-refractivity contribution in [3.63, 3.8) is 0 Å². The maximum Gasteiger partial charge on any atom is 0.281 e. The van der Waals surface area contributed by atoms with E-state index in [2.05, 4.69) is 10.5 Å². The lowest BCUT2D eigenvalue weighted by atomic mass is 10.3. The number of nitroso groups, excluding NO2 is 1. The molecule has 5 heteroatoms. The molecule has 0 radical (unpaired) electrons. The van der Waals surface area contributed by atoms with Gasteiger partial charge in [0.25, 0.3) is 5.91 Å². The van der Waals surface area contributed by atoms with Crippen LogP contribution in [0.5, 0.6) is 0 Å². The SMILES string of the molecule is C/C(O)=C(/N=O)C(=O)Nc1ccccc1. The molecule has 0 saturated heterocycles. The first-order valence-corrected chi connectivity index (χ1v) is 4.24. The summed E-state index contributed by atoms with van der Waals surface area (Å²) in [6, 6.07) is 8.58. The van der Waals surface area contributed by atoms with Crippen LogP contribution >= 0.6 is 0 Å². The van der Waals surface area contributed by atoms with Crippen molar-refractivity contribution in [2.24, 2.45) is 5.18 Å². The highest BCUT2D eigenvalue weighted by molar-refractivity contribution is 6.03. The Morgan fingerprint density at radius 2 is 1.93 bits per heavy atom. The molecule has 1 amide bonds. The molecule has 0 atom stereocenters. The average molecular weight is 206 g/mol. The van der Waals surface area contributed by atoms with Crippen LogP contribution in [0.15, 0.2) is 47.0 Å². The zero-order valence-electron chi connectivity index (χ0n) is 8.10. The van der Waals surface area contributed by atoms with Crippen molar-refractivity contribution in [2.75, 3.05) is 5.32 Å². The summed E-state index contributed by atoms with van der Waals surface area (Å²) >= 11 is 0. The summed E-state index contributed by atoms with van der Waals surface area (Å²) in [6.07, 6.45) is 0. The molecule has 0 aliphatic heterocycles. The van der Waals surface area contributed by atoms with E-state index in [-0.39, 0.29) is 0 Å². The summed E-state index contributed by atoms with van der Waals surface area (Å²) in [7, 11) is 0. The van der Waals surface area contributed by atoms with Crippen molar-refractivity contribution < 1.29 is 9.90 Å². The van der Waals surface area contributed by atoms with E-state index < -0.39 is 17.4 Å². The van der Waals surface area contributed by atoms with Crippen LogP contribution in [-0.4, -0.2) is 11.0 Å². The fourth-order valence-electron chi connectivity index (χ4n) is 0.984. The summed E-state index contributed by atoms with van der Waals surface area (Å²) < 4.78 is 0. The fourth-order valence-corrected chi connectivity index (χ4v) is 0.984. The second-order valence-corrected chi connectivity index (χ2v) is 2.85. The molecule has 0 aliphatic carbocycles. The van der Waals surface area contributed by atoms with E-state index in [1.807, 2.05) is 0 Å². The molecule has 0 spiro atoms. The number of aliphatic hydroxyl groups excluding tert-OH is 1. The van der Waals surface area contributed by atoms with Crippen molar-refractivity contribution in [3.8, 4) is 0 Å². The van der Waals surface area contributed by atoms with Crippen LogP contribution in [0, 0.1) is 4.91 Å². The third-order valence-corrected chi connectivity index (χ3v) is 1.68. The van der Waals surface area contributed by atoms with Gasteiger partial charge in [0.1, 0.15) is 5.76 Å². The first-order valence-electron chi connectivity index (χ1n) is 4.24. The number of nitrogens with zero attached hydrogens (tertiary/aromatic N) is 1. The van der Waals surface area contributed by atoms with Crippen molar-refractivity contribution >= 4 is 11.6 Å². The normalized spacial score (nSPS) is 11.5. The molecule has 0 aliphatic rings. The smallest absolute Gasteiger partial charge is 0.281 e. The van der Waals surface area contributed by atoms with Gasteiger partial charge in [-0.1, -0.05) is 18.2 Å². The highest BCUT2D eigenvalue weighted by Gasteiger charge is 2.13. The van der Waals surface area contributed by atoms with E-state index >= 15 is 0 Å². The van der Waals surface area contributed by atoms with Gasteiger partial charge in [0.15, 0.2) is 0 Å². The van der Waals surface area contributed by atoms with Gasteiger partial charge in [-0.05, 0) is 24.2 Å². The Morgan fingerprint density at radius 1 is 1.33 bits per heavy atom. The number of anilines is 1. The molecule has 1 rings (SSSR count). The lowest BCUT2D eigenvalue weighted by Gasteiger charge is -2.03. The van der Waals surface area contributed by atoms with Crippen LogP contribution < -0.4 is 5.32 Å². The average Bonchev–Trinajstić information content (AvgIpc) is 2.19. The molecule has 15 heavy (non-hydrogen) atoms. The van der Waals surface area contributed by atoms with Crippen LogP contribution in [0.1, 0.15) is 6.92 Å². The number of rotatable bonds is 3. The lowest BCUT2D eigenvalue weighted by Crippen LogP contribution is -2.14. The van der Waals surface area contributed by atoms with E-state index in [9.17, 15) is 9.70 Å². The van der Waals surface area contributed by atoms with Crippen LogP contribution in [0.3, 0.4) is 0 Å². The summed E-state index contributed by atoms with van der Waals surface area (Å²) in [5.41, 5.74) is 0.0174. The molecule has 0 fully saturated rings. The molecular formula is C10H10N2O3. The molecule has 0 heterocycles. The molecule has 0 saturated carbocycles. The summed E-state index contributed by atoms with van der Waals surface area (Å²) in [5, 5.41) is 13.9. The van der Waals surface area contributed by atoms with E-state index in [1.165, 1.54) is 6.92 Å². The molecule has 2 N–H and O–H groups in total. The van der Waals surface area contributed by atoms with E-state index in [4.69, 9.17) is 5.11 Å². The zero-order valence-corrected chi connectivity index (χ0v) is 8.10. The number of nitrogens with one attached hydrogen (secondary N) is 1. The van der Waals surface area contributed by atoms with Crippen molar-refractivity contribution in [1.82, 2.24) is 0 Å². The van der Waals surface area contributed by atoms with E-state index in [0.29, 0.717) is 5.69 Å². The number of hydrogen-bond donors (Lipinski definition) is 2. The second-order valence-electron chi connectivity index (χ2n) is 2.85. The molecule has 0 bridgehead atoms. The first-order chi connectivity index (χ1) is 7.15. The Morgan fingerprint density at radius 3 is 2.40 bits per heavy atom. The standard InChI is InChI=1S/C10H10N2O3/c1-7(13)9(12-15)10(14)11-8-5-3-2-4-6-8/h2-6,13H,1H3,(H,11,14)/b9-7-. The highest BCUT2D eigenvalue weighted by Crippen LogP contribution is 2.09. The highest BCUT2D eigenvalue weighted by atomic mass is 16.3. The van der Waals surface area contributed by atoms with Crippen molar-refractivity contribution in [1.29, 1.82) is 0 Å². The van der Waals surface area contributed by atoms with Gasteiger partial charge in [-0.3, -0.25) is 4.79 Å². The Kier molecular flexibility index (Phi) is 3.56. The number of aliphatic hydroxyl groups is 1. The van der Waals surface area contributed by atoms with E-state index in [0.717, 1.165) is 0 Å². The van der Waals surface area contributed by atoms with E-state index in [1.54, 1.807) is 30.3 Å². The van der Waals surface area contributed by atoms with Crippen molar-refractivity contribution in [3.05, 3.63) is 46.7 Å². The largest absolute Gasteiger partial charge is 0.510 e. The Balaban J connectivity index is 2.81. The zero-order chi connectivity index (χ0) is 11.3. The number of allylic oxidation sites excluding steroid dienone is 1. The van der Waals surface area contributed by atoms with Crippen LogP contribution in [0.2, 0.25) is 0 Å². The Hall–Kier alpha value is -2.17. The molecule has 0 unspecified atom stereocenters. The van der Waals surface area contributed by atoms with Gasteiger partial charge in [-0.15, -0.1) is 4.91 Å². The minimum Gasteiger partial charge on any atom is -0.510 e. The lowest BCUT2D eigenvalue weighted by molar-refractivity contribution is -0.113. The number of carbonyl (C=O) groups excluding carboxylic acids is 1. The monoisotopic (exact) mass is 206 g/mol. The molecule has 78 valence electrons. The summed E-state index contributed by atoms with van der Waals surface area (Å²) in [4.78, 5) is 21.6. The maximum atomic E-state index is 11.4. The Bertz CT molecular complexity index is 394. The molecular weight excluding hydrogens is 196 g/mol. The predicted octanol–water partition coefficient (Wildman–Crippen LogP) is 2.18. The minimum absolute atomic E-state index is 0.404. The summed E-state index contributed by atoms with van der Waals surface area (Å²) in [6.45, 7) is 1.22. The fraction of sp³-hybridized carbons (Fsp3) is 0.100. The van der Waals surface area contributed by atoms with Gasteiger partial charge in [-0.25, -0.2) is 0 Å². The third kappa shape index (κ3) is 2.91.